The third-order valence-corrected chi connectivity index (χ3v) is 5.46. The van der Waals surface area contributed by atoms with E-state index in [1.54, 1.807) is 12.0 Å². The molecular formula is C20H29N3O4. The van der Waals surface area contributed by atoms with Gasteiger partial charge in [0.2, 0.25) is 0 Å². The third kappa shape index (κ3) is 5.13. The number of benzene rings is 1. The summed E-state index contributed by atoms with van der Waals surface area (Å²) in [5.74, 6) is 0.408. The lowest BCUT2D eigenvalue weighted by molar-refractivity contribution is 0.0535. The summed E-state index contributed by atoms with van der Waals surface area (Å²) in [5, 5.41) is 2.92. The maximum absolute atomic E-state index is 12.3. The predicted molar refractivity (Wildman–Crippen MR) is 101 cm³/mol. The van der Waals surface area contributed by atoms with Gasteiger partial charge in [-0.15, -0.1) is 0 Å². The number of ether oxygens (including phenoxy) is 2. The van der Waals surface area contributed by atoms with Gasteiger partial charge < -0.3 is 24.6 Å². The molecule has 7 heteroatoms. The zero-order valence-electron chi connectivity index (χ0n) is 15.9. The molecule has 3 amide bonds. The van der Waals surface area contributed by atoms with Gasteiger partial charge in [-0.1, -0.05) is 30.3 Å². The van der Waals surface area contributed by atoms with Crippen molar-refractivity contribution in [2.45, 2.75) is 31.9 Å². The lowest BCUT2D eigenvalue weighted by Gasteiger charge is -2.43. The number of rotatable bonds is 6. The maximum atomic E-state index is 12.3. The van der Waals surface area contributed by atoms with Crippen molar-refractivity contribution in [3.8, 4) is 0 Å². The van der Waals surface area contributed by atoms with Crippen molar-refractivity contribution in [2.75, 3.05) is 39.9 Å². The van der Waals surface area contributed by atoms with Gasteiger partial charge in [0.25, 0.3) is 0 Å². The molecule has 0 aliphatic carbocycles. The van der Waals surface area contributed by atoms with E-state index in [0.29, 0.717) is 45.3 Å². The molecule has 0 aromatic heterocycles. The zero-order chi connectivity index (χ0) is 19.1. The molecule has 1 aromatic rings. The maximum Gasteiger partial charge on any atom is 0.410 e. The largest absolute Gasteiger partial charge is 0.445 e. The minimum Gasteiger partial charge on any atom is -0.445 e. The first-order valence-electron chi connectivity index (χ1n) is 9.68. The van der Waals surface area contributed by atoms with E-state index in [4.69, 9.17) is 9.47 Å². The Morgan fingerprint density at radius 2 is 1.93 bits per heavy atom. The van der Waals surface area contributed by atoms with Gasteiger partial charge in [0.1, 0.15) is 6.61 Å². The van der Waals surface area contributed by atoms with E-state index in [1.807, 2.05) is 35.2 Å². The van der Waals surface area contributed by atoms with Crippen LogP contribution in [0.4, 0.5) is 9.59 Å². The standard InChI is InChI=1S/C20H29N3O4/c1-26-14-13-23-18(7-10-21-19(23)24)17-8-11-22(12-9-17)20(25)27-15-16-5-3-2-4-6-16/h2-6,17-18H,7-15H2,1H3,(H,21,24). The summed E-state index contributed by atoms with van der Waals surface area (Å²) in [6.07, 6.45) is 2.47. The molecule has 1 unspecified atom stereocenters. The Labute approximate surface area is 160 Å². The fourth-order valence-electron chi connectivity index (χ4n) is 3.96. The van der Waals surface area contributed by atoms with Gasteiger partial charge >= 0.3 is 12.1 Å². The number of urea groups is 1. The van der Waals surface area contributed by atoms with Crippen LogP contribution in [-0.4, -0.2) is 67.9 Å². The molecule has 2 aliphatic rings. The number of amides is 3. The highest BCUT2D eigenvalue weighted by atomic mass is 16.6. The van der Waals surface area contributed by atoms with E-state index in [2.05, 4.69) is 5.32 Å². The van der Waals surface area contributed by atoms with Gasteiger partial charge in [-0.3, -0.25) is 0 Å². The fourth-order valence-corrected chi connectivity index (χ4v) is 3.96. The molecule has 1 N–H and O–H groups in total. The molecule has 1 atom stereocenters. The molecule has 0 spiro atoms. The van der Waals surface area contributed by atoms with Crippen LogP contribution in [0, 0.1) is 5.92 Å². The third-order valence-electron chi connectivity index (χ3n) is 5.46. The molecule has 0 radical (unpaired) electrons. The molecule has 7 nitrogen and oxygen atoms in total. The van der Waals surface area contributed by atoms with Crippen molar-refractivity contribution < 1.29 is 19.1 Å². The van der Waals surface area contributed by atoms with Crippen LogP contribution in [0.25, 0.3) is 0 Å². The lowest BCUT2D eigenvalue weighted by Crippen LogP contribution is -2.57. The van der Waals surface area contributed by atoms with E-state index in [-0.39, 0.29) is 18.2 Å². The highest BCUT2D eigenvalue weighted by molar-refractivity contribution is 5.75. The van der Waals surface area contributed by atoms with Crippen LogP contribution >= 0.6 is 0 Å². The van der Waals surface area contributed by atoms with Crippen molar-refractivity contribution in [1.29, 1.82) is 0 Å². The Kier molecular flexibility index (Phi) is 6.92. The summed E-state index contributed by atoms with van der Waals surface area (Å²) in [4.78, 5) is 28.2. The van der Waals surface area contributed by atoms with E-state index < -0.39 is 0 Å². The van der Waals surface area contributed by atoms with Crippen LogP contribution in [0.1, 0.15) is 24.8 Å². The number of hydrogen-bond donors (Lipinski definition) is 1. The van der Waals surface area contributed by atoms with E-state index in [9.17, 15) is 9.59 Å². The number of carbonyl (C=O) groups excluding carboxylic acids is 2. The van der Waals surface area contributed by atoms with Gasteiger partial charge in [-0.25, -0.2) is 9.59 Å². The molecule has 2 heterocycles. The van der Waals surface area contributed by atoms with Crippen molar-refractivity contribution in [3.63, 3.8) is 0 Å². The minimum atomic E-state index is -0.255. The van der Waals surface area contributed by atoms with Gasteiger partial charge in [-0.05, 0) is 30.7 Å². The number of hydrogen-bond acceptors (Lipinski definition) is 4. The molecule has 2 saturated heterocycles. The number of piperidine rings is 1. The predicted octanol–water partition coefficient (Wildman–Crippen LogP) is 2.47. The SMILES string of the molecule is COCCN1C(=O)NCCC1C1CCN(C(=O)OCc2ccccc2)CC1. The number of nitrogens with one attached hydrogen (secondary N) is 1. The number of methoxy groups -OCH3 is 1. The first-order chi connectivity index (χ1) is 13.2. The van der Waals surface area contributed by atoms with Crippen LogP contribution in [0.15, 0.2) is 30.3 Å². The Hall–Kier alpha value is -2.28. The molecule has 0 bridgehead atoms. The first kappa shape index (κ1) is 19.5. The second kappa shape index (κ2) is 9.60. The quantitative estimate of drug-likeness (QED) is 0.829. The topological polar surface area (TPSA) is 71.1 Å². The van der Waals surface area contributed by atoms with Crippen molar-refractivity contribution >= 4 is 12.1 Å². The van der Waals surface area contributed by atoms with E-state index in [0.717, 1.165) is 24.8 Å². The highest BCUT2D eigenvalue weighted by Crippen LogP contribution is 2.28. The van der Waals surface area contributed by atoms with E-state index >= 15 is 0 Å². The van der Waals surface area contributed by atoms with Gasteiger partial charge in [-0.2, -0.15) is 0 Å². The van der Waals surface area contributed by atoms with Gasteiger partial charge in [0.05, 0.1) is 6.61 Å². The highest BCUT2D eigenvalue weighted by Gasteiger charge is 2.36. The normalized spacial score (nSPS) is 21.1. The molecular weight excluding hydrogens is 346 g/mol. The number of likely N-dealkylation sites (tertiary alicyclic amines) is 1. The van der Waals surface area contributed by atoms with Gasteiger partial charge in [0.15, 0.2) is 0 Å². The second-order valence-corrected chi connectivity index (χ2v) is 7.14. The van der Waals surface area contributed by atoms with Crippen molar-refractivity contribution in [1.82, 2.24) is 15.1 Å². The van der Waals surface area contributed by atoms with Crippen LogP contribution < -0.4 is 5.32 Å². The van der Waals surface area contributed by atoms with Crippen LogP contribution in [0.3, 0.4) is 0 Å². The molecule has 1 aromatic carbocycles. The lowest BCUT2D eigenvalue weighted by atomic mass is 9.86. The summed E-state index contributed by atoms with van der Waals surface area (Å²) >= 11 is 0. The Morgan fingerprint density at radius 1 is 1.19 bits per heavy atom. The molecule has 27 heavy (non-hydrogen) atoms. The summed E-state index contributed by atoms with van der Waals surface area (Å²) in [5.41, 5.74) is 0.989. The van der Waals surface area contributed by atoms with Crippen LogP contribution in [0.2, 0.25) is 0 Å². The Balaban J connectivity index is 1.48. The second-order valence-electron chi connectivity index (χ2n) is 7.14. The zero-order valence-corrected chi connectivity index (χ0v) is 15.9. The van der Waals surface area contributed by atoms with Crippen LogP contribution in [-0.2, 0) is 16.1 Å². The van der Waals surface area contributed by atoms with Crippen molar-refractivity contribution in [3.05, 3.63) is 35.9 Å². The summed E-state index contributed by atoms with van der Waals surface area (Å²) in [6, 6.07) is 9.92. The first-order valence-corrected chi connectivity index (χ1v) is 9.68. The smallest absolute Gasteiger partial charge is 0.410 e. The molecule has 2 fully saturated rings. The monoisotopic (exact) mass is 375 g/mol. The van der Waals surface area contributed by atoms with E-state index in [1.165, 1.54) is 0 Å². The number of carbonyl (C=O) groups is 2. The molecule has 2 aliphatic heterocycles. The number of nitrogens with zero attached hydrogens (tertiary/aromatic N) is 2. The van der Waals surface area contributed by atoms with Crippen LogP contribution in [0.5, 0.6) is 0 Å². The fraction of sp³-hybridized carbons (Fsp3) is 0.600. The molecule has 0 saturated carbocycles. The van der Waals surface area contributed by atoms with Crippen molar-refractivity contribution in [2.24, 2.45) is 5.92 Å². The Morgan fingerprint density at radius 3 is 2.63 bits per heavy atom. The molecule has 148 valence electrons. The summed E-state index contributed by atoms with van der Waals surface area (Å²) in [7, 11) is 1.65. The average Bonchev–Trinajstić information content (AvgIpc) is 2.72. The molecule has 3 rings (SSSR count). The van der Waals surface area contributed by atoms with Gasteiger partial charge in [0, 0.05) is 39.3 Å². The summed E-state index contributed by atoms with van der Waals surface area (Å²) in [6.45, 7) is 3.50. The summed E-state index contributed by atoms with van der Waals surface area (Å²) < 4.78 is 10.6. The minimum absolute atomic E-state index is 0.00648. The average molecular weight is 375 g/mol. The Bertz CT molecular complexity index is 617.